The van der Waals surface area contributed by atoms with Gasteiger partial charge in [0.15, 0.2) is 0 Å². The fourth-order valence-electron chi connectivity index (χ4n) is 3.25. The zero-order valence-corrected chi connectivity index (χ0v) is 13.6. The molecule has 1 aromatic carbocycles. The maximum Gasteiger partial charge on any atom is 0.308 e. The Bertz CT molecular complexity index is 650. The second-order valence-electron chi connectivity index (χ2n) is 6.25. The molecular weight excluding hydrogens is 310 g/mol. The highest BCUT2D eigenvalue weighted by atomic mass is 16.4. The van der Waals surface area contributed by atoms with E-state index in [0.717, 1.165) is 24.5 Å². The van der Waals surface area contributed by atoms with Crippen LogP contribution in [0.5, 0.6) is 0 Å². The third-order valence-corrected chi connectivity index (χ3v) is 4.73. The first-order chi connectivity index (χ1) is 11.5. The van der Waals surface area contributed by atoms with Gasteiger partial charge >= 0.3 is 5.97 Å². The van der Waals surface area contributed by atoms with Crippen LogP contribution in [-0.4, -0.2) is 60.5 Å². The van der Waals surface area contributed by atoms with E-state index >= 15 is 0 Å². The normalized spacial score (nSPS) is 21.3. The molecule has 0 aromatic heterocycles. The summed E-state index contributed by atoms with van der Waals surface area (Å²) in [6, 6.07) is 7.60. The SMILES string of the molecule is CC(=O)N1CCN(c2ccc(N3C[C@@H](C(=O)O)CC3=O)cc2)CC1. The van der Waals surface area contributed by atoms with Gasteiger partial charge in [0.2, 0.25) is 11.8 Å². The molecule has 128 valence electrons. The Morgan fingerprint density at radius 1 is 1.04 bits per heavy atom. The van der Waals surface area contributed by atoms with Crippen LogP contribution in [0.15, 0.2) is 24.3 Å². The molecule has 2 saturated heterocycles. The number of piperazine rings is 1. The van der Waals surface area contributed by atoms with Gasteiger partial charge in [-0.1, -0.05) is 0 Å². The zero-order valence-electron chi connectivity index (χ0n) is 13.6. The third kappa shape index (κ3) is 3.20. The Morgan fingerprint density at radius 3 is 2.12 bits per heavy atom. The maximum absolute atomic E-state index is 12.0. The highest BCUT2D eigenvalue weighted by molar-refractivity contribution is 5.99. The molecule has 7 heteroatoms. The Balaban J connectivity index is 1.65. The lowest BCUT2D eigenvalue weighted by Gasteiger charge is -2.35. The molecule has 2 aliphatic heterocycles. The van der Waals surface area contributed by atoms with Crippen molar-refractivity contribution in [1.29, 1.82) is 0 Å². The minimum Gasteiger partial charge on any atom is -0.481 e. The summed E-state index contributed by atoms with van der Waals surface area (Å²) in [6.07, 6.45) is 0.0596. The number of carboxylic acids is 1. The number of hydrogen-bond donors (Lipinski definition) is 1. The number of benzene rings is 1. The van der Waals surface area contributed by atoms with Crippen molar-refractivity contribution >= 4 is 29.2 Å². The van der Waals surface area contributed by atoms with Crippen molar-refractivity contribution in [2.45, 2.75) is 13.3 Å². The van der Waals surface area contributed by atoms with Crippen LogP contribution in [0.2, 0.25) is 0 Å². The molecule has 1 N–H and O–H groups in total. The summed E-state index contributed by atoms with van der Waals surface area (Å²) in [5, 5.41) is 9.06. The maximum atomic E-state index is 12.0. The van der Waals surface area contributed by atoms with Gasteiger partial charge < -0.3 is 19.8 Å². The first-order valence-corrected chi connectivity index (χ1v) is 8.09. The highest BCUT2D eigenvalue weighted by Crippen LogP contribution is 2.27. The van der Waals surface area contributed by atoms with E-state index in [1.807, 2.05) is 29.2 Å². The molecule has 1 aromatic rings. The molecule has 24 heavy (non-hydrogen) atoms. The Labute approximate surface area is 140 Å². The zero-order chi connectivity index (χ0) is 17.3. The highest BCUT2D eigenvalue weighted by Gasteiger charge is 2.35. The minimum atomic E-state index is -0.925. The molecule has 3 rings (SSSR count). The van der Waals surface area contributed by atoms with Gasteiger partial charge in [-0.3, -0.25) is 14.4 Å². The summed E-state index contributed by atoms with van der Waals surface area (Å²) < 4.78 is 0. The Hall–Kier alpha value is -2.57. The number of anilines is 2. The van der Waals surface area contributed by atoms with Crippen molar-refractivity contribution < 1.29 is 19.5 Å². The fourth-order valence-corrected chi connectivity index (χ4v) is 3.25. The van der Waals surface area contributed by atoms with Gasteiger partial charge in [0.05, 0.1) is 5.92 Å². The van der Waals surface area contributed by atoms with Gasteiger partial charge in [0, 0.05) is 57.4 Å². The number of hydrogen-bond acceptors (Lipinski definition) is 4. The number of carboxylic acid groups (broad SMARTS) is 1. The number of carbonyl (C=O) groups excluding carboxylic acids is 2. The monoisotopic (exact) mass is 331 g/mol. The number of amides is 2. The lowest BCUT2D eigenvalue weighted by atomic mass is 10.1. The molecule has 7 nitrogen and oxygen atoms in total. The molecule has 1 atom stereocenters. The van der Waals surface area contributed by atoms with Crippen LogP contribution in [0.4, 0.5) is 11.4 Å². The molecule has 2 heterocycles. The molecule has 2 fully saturated rings. The van der Waals surface area contributed by atoms with Crippen LogP contribution >= 0.6 is 0 Å². The lowest BCUT2D eigenvalue weighted by molar-refractivity contribution is -0.141. The van der Waals surface area contributed by atoms with E-state index in [1.54, 1.807) is 6.92 Å². The van der Waals surface area contributed by atoms with Crippen LogP contribution in [0, 0.1) is 5.92 Å². The molecular formula is C17H21N3O4. The molecule has 0 radical (unpaired) electrons. The summed E-state index contributed by atoms with van der Waals surface area (Å²) in [6.45, 7) is 4.79. The molecule has 2 amide bonds. The molecule has 0 spiro atoms. The largest absolute Gasteiger partial charge is 0.481 e. The quantitative estimate of drug-likeness (QED) is 0.886. The van der Waals surface area contributed by atoms with Gasteiger partial charge in [0.1, 0.15) is 0 Å². The molecule has 0 aliphatic carbocycles. The molecule has 0 unspecified atom stereocenters. The van der Waals surface area contributed by atoms with E-state index in [2.05, 4.69) is 4.90 Å². The van der Waals surface area contributed by atoms with Crippen LogP contribution in [0.25, 0.3) is 0 Å². The number of aliphatic carboxylic acids is 1. The topological polar surface area (TPSA) is 81.2 Å². The van der Waals surface area contributed by atoms with E-state index in [0.29, 0.717) is 13.1 Å². The van der Waals surface area contributed by atoms with Crippen molar-refractivity contribution in [3.05, 3.63) is 24.3 Å². The number of rotatable bonds is 3. The van der Waals surface area contributed by atoms with Crippen molar-refractivity contribution in [1.82, 2.24) is 4.90 Å². The second kappa shape index (κ2) is 6.51. The number of nitrogens with zero attached hydrogens (tertiary/aromatic N) is 3. The van der Waals surface area contributed by atoms with Crippen molar-refractivity contribution in [3.8, 4) is 0 Å². The van der Waals surface area contributed by atoms with E-state index in [-0.39, 0.29) is 24.8 Å². The smallest absolute Gasteiger partial charge is 0.308 e. The van der Waals surface area contributed by atoms with Gasteiger partial charge in [-0.2, -0.15) is 0 Å². The summed E-state index contributed by atoms with van der Waals surface area (Å²) in [5.74, 6) is -1.60. The summed E-state index contributed by atoms with van der Waals surface area (Å²) in [4.78, 5) is 40.0. The first-order valence-electron chi connectivity index (χ1n) is 8.09. The van der Waals surface area contributed by atoms with Gasteiger partial charge in [-0.25, -0.2) is 0 Å². The summed E-state index contributed by atoms with van der Waals surface area (Å²) >= 11 is 0. The second-order valence-corrected chi connectivity index (χ2v) is 6.25. The molecule has 0 saturated carbocycles. The van der Waals surface area contributed by atoms with Gasteiger partial charge in [-0.15, -0.1) is 0 Å². The van der Waals surface area contributed by atoms with Crippen molar-refractivity contribution in [2.24, 2.45) is 5.92 Å². The summed E-state index contributed by atoms with van der Waals surface area (Å²) in [5.41, 5.74) is 1.78. The van der Waals surface area contributed by atoms with Crippen LogP contribution in [0.1, 0.15) is 13.3 Å². The lowest BCUT2D eigenvalue weighted by Crippen LogP contribution is -2.48. The van der Waals surface area contributed by atoms with Crippen molar-refractivity contribution in [3.63, 3.8) is 0 Å². The van der Waals surface area contributed by atoms with Crippen LogP contribution in [0.3, 0.4) is 0 Å². The molecule has 0 bridgehead atoms. The minimum absolute atomic E-state index is 0.0596. The van der Waals surface area contributed by atoms with Crippen molar-refractivity contribution in [2.75, 3.05) is 42.5 Å². The van der Waals surface area contributed by atoms with Crippen LogP contribution < -0.4 is 9.80 Å². The first kappa shape index (κ1) is 16.3. The van der Waals surface area contributed by atoms with E-state index < -0.39 is 11.9 Å². The van der Waals surface area contributed by atoms with E-state index in [4.69, 9.17) is 5.11 Å². The number of carbonyl (C=O) groups is 3. The predicted octanol–water partition coefficient (Wildman–Crippen LogP) is 0.793. The Kier molecular flexibility index (Phi) is 4.42. The average Bonchev–Trinajstić information content (AvgIpc) is 2.97. The third-order valence-electron chi connectivity index (χ3n) is 4.73. The Morgan fingerprint density at radius 2 is 1.62 bits per heavy atom. The van der Waals surface area contributed by atoms with Gasteiger partial charge in [0.25, 0.3) is 0 Å². The van der Waals surface area contributed by atoms with Crippen LogP contribution in [-0.2, 0) is 14.4 Å². The van der Waals surface area contributed by atoms with Gasteiger partial charge in [-0.05, 0) is 24.3 Å². The summed E-state index contributed by atoms with van der Waals surface area (Å²) in [7, 11) is 0. The van der Waals surface area contributed by atoms with E-state index in [1.165, 1.54) is 4.90 Å². The molecule has 2 aliphatic rings. The van der Waals surface area contributed by atoms with E-state index in [9.17, 15) is 14.4 Å². The fraction of sp³-hybridized carbons (Fsp3) is 0.471. The average molecular weight is 331 g/mol. The standard InChI is InChI=1S/C17H21N3O4/c1-12(21)18-6-8-19(9-7-18)14-2-4-15(5-3-14)20-11-13(17(23)24)10-16(20)22/h2-5,13H,6-11H2,1H3,(H,23,24)/t13-/m0/s1. The predicted molar refractivity (Wildman–Crippen MR) is 89.0 cm³/mol.